The van der Waals surface area contributed by atoms with Crippen LogP contribution in [0.1, 0.15) is 64.6 Å². The molecule has 0 fully saturated rings. The fourth-order valence-corrected chi connectivity index (χ4v) is 2.47. The van der Waals surface area contributed by atoms with E-state index in [4.69, 9.17) is 0 Å². The molecule has 0 heterocycles. The van der Waals surface area contributed by atoms with Crippen LogP contribution in [-0.2, 0) is 6.42 Å². The van der Waals surface area contributed by atoms with E-state index in [1.807, 2.05) is 0 Å². The Morgan fingerprint density at radius 2 is 1.58 bits per heavy atom. The number of benzene rings is 1. The van der Waals surface area contributed by atoms with E-state index in [0.29, 0.717) is 17.9 Å². The number of hydrogen-bond donors (Lipinski definition) is 1. The summed E-state index contributed by atoms with van der Waals surface area (Å²) in [6.07, 6.45) is 3.60. The summed E-state index contributed by atoms with van der Waals surface area (Å²) in [6, 6.07) is 9.71. The Balaban J connectivity index is 2.83. The van der Waals surface area contributed by atoms with Crippen molar-refractivity contribution in [3.8, 4) is 0 Å². The molecule has 0 bridgehead atoms. The van der Waals surface area contributed by atoms with Crippen LogP contribution < -0.4 is 5.32 Å². The molecule has 1 rings (SSSR count). The Labute approximate surface area is 119 Å². The molecule has 0 spiro atoms. The van der Waals surface area contributed by atoms with E-state index in [2.05, 4.69) is 64.2 Å². The zero-order valence-electron chi connectivity index (χ0n) is 13.4. The van der Waals surface area contributed by atoms with Crippen LogP contribution in [0.5, 0.6) is 0 Å². The molecule has 0 amide bonds. The number of hydrogen-bond acceptors (Lipinski definition) is 1. The van der Waals surface area contributed by atoms with Gasteiger partial charge >= 0.3 is 0 Å². The molecule has 0 aliphatic rings. The molecule has 2 unspecified atom stereocenters. The topological polar surface area (TPSA) is 12.0 Å². The summed E-state index contributed by atoms with van der Waals surface area (Å²) in [6.45, 7) is 12.6. The number of nitrogens with one attached hydrogen (secondary N) is 1. The second-order valence-electron chi connectivity index (χ2n) is 6.03. The van der Waals surface area contributed by atoms with Crippen molar-refractivity contribution in [3.05, 3.63) is 35.4 Å². The predicted octanol–water partition coefficient (Wildman–Crippen LogP) is 4.97. The lowest BCUT2D eigenvalue weighted by Crippen LogP contribution is -2.30. The first-order valence-electron chi connectivity index (χ1n) is 7.92. The summed E-state index contributed by atoms with van der Waals surface area (Å²) >= 11 is 0. The minimum Gasteiger partial charge on any atom is -0.310 e. The maximum Gasteiger partial charge on any atom is 0.0348 e. The molecule has 1 heteroatoms. The molecule has 0 aliphatic heterocycles. The smallest absolute Gasteiger partial charge is 0.0348 e. The highest BCUT2D eigenvalue weighted by Gasteiger charge is 2.21. The van der Waals surface area contributed by atoms with Crippen molar-refractivity contribution in [3.63, 3.8) is 0 Å². The Morgan fingerprint density at radius 1 is 0.947 bits per heavy atom. The van der Waals surface area contributed by atoms with Gasteiger partial charge in [-0.1, -0.05) is 65.3 Å². The molecule has 1 N–H and O–H groups in total. The van der Waals surface area contributed by atoms with Gasteiger partial charge in [-0.2, -0.15) is 0 Å². The van der Waals surface area contributed by atoms with Gasteiger partial charge in [0.25, 0.3) is 0 Å². The number of rotatable bonds is 8. The van der Waals surface area contributed by atoms with Crippen molar-refractivity contribution in [2.75, 3.05) is 6.54 Å². The van der Waals surface area contributed by atoms with E-state index in [-0.39, 0.29) is 0 Å². The Bertz CT molecular complexity index is 339. The van der Waals surface area contributed by atoms with Crippen molar-refractivity contribution >= 4 is 0 Å². The summed E-state index contributed by atoms with van der Waals surface area (Å²) in [5, 5.41) is 3.72. The number of aryl methyl sites for hydroxylation is 1. The second-order valence-corrected chi connectivity index (χ2v) is 6.03. The zero-order chi connectivity index (χ0) is 14.3. The summed E-state index contributed by atoms with van der Waals surface area (Å²) in [5.41, 5.74) is 2.90. The molecule has 0 radical (unpaired) electrons. The first kappa shape index (κ1) is 16.2. The normalized spacial score (nSPS) is 14.6. The molecular formula is C18H31N. The third kappa shape index (κ3) is 4.99. The van der Waals surface area contributed by atoms with E-state index in [1.165, 1.54) is 30.4 Å². The van der Waals surface area contributed by atoms with Crippen LogP contribution in [0.4, 0.5) is 0 Å². The van der Waals surface area contributed by atoms with Gasteiger partial charge in [0.2, 0.25) is 0 Å². The second kappa shape index (κ2) is 8.37. The maximum atomic E-state index is 3.72. The maximum absolute atomic E-state index is 3.72. The van der Waals surface area contributed by atoms with Crippen molar-refractivity contribution < 1.29 is 0 Å². The average Bonchev–Trinajstić information content (AvgIpc) is 2.41. The Kier molecular flexibility index (Phi) is 7.15. The van der Waals surface area contributed by atoms with E-state index in [1.54, 1.807) is 0 Å². The van der Waals surface area contributed by atoms with Gasteiger partial charge in [0, 0.05) is 6.04 Å². The molecule has 2 atom stereocenters. The summed E-state index contributed by atoms with van der Waals surface area (Å²) in [7, 11) is 0. The van der Waals surface area contributed by atoms with Gasteiger partial charge in [-0.25, -0.2) is 0 Å². The fraction of sp³-hybridized carbons (Fsp3) is 0.667. The van der Waals surface area contributed by atoms with Gasteiger partial charge in [-0.3, -0.25) is 0 Å². The lowest BCUT2D eigenvalue weighted by molar-refractivity contribution is 0.304. The molecule has 0 aliphatic carbocycles. The molecule has 108 valence electrons. The summed E-state index contributed by atoms with van der Waals surface area (Å²) < 4.78 is 0. The van der Waals surface area contributed by atoms with E-state index >= 15 is 0 Å². The van der Waals surface area contributed by atoms with Gasteiger partial charge in [-0.15, -0.1) is 0 Å². The first-order chi connectivity index (χ1) is 9.10. The lowest BCUT2D eigenvalue weighted by atomic mass is 9.85. The van der Waals surface area contributed by atoms with E-state index < -0.39 is 0 Å². The monoisotopic (exact) mass is 261 g/mol. The standard InChI is InChI=1S/C18H31N/c1-6-8-16-9-11-17(12-10-16)18(19-13-7-2)15(5)14(3)4/h9-12,14-15,18-19H,6-8,13H2,1-5H3. The van der Waals surface area contributed by atoms with Crippen LogP contribution >= 0.6 is 0 Å². The van der Waals surface area contributed by atoms with Gasteiger partial charge in [-0.05, 0) is 42.3 Å². The van der Waals surface area contributed by atoms with Crippen molar-refractivity contribution in [1.29, 1.82) is 0 Å². The van der Waals surface area contributed by atoms with Crippen LogP contribution in [0.2, 0.25) is 0 Å². The molecule has 1 aromatic rings. The van der Waals surface area contributed by atoms with E-state index in [0.717, 1.165) is 6.54 Å². The minimum absolute atomic E-state index is 0.482. The highest BCUT2D eigenvalue weighted by molar-refractivity contribution is 5.25. The minimum atomic E-state index is 0.482. The van der Waals surface area contributed by atoms with Crippen LogP contribution in [-0.4, -0.2) is 6.54 Å². The van der Waals surface area contributed by atoms with Gasteiger partial charge in [0.15, 0.2) is 0 Å². The van der Waals surface area contributed by atoms with Crippen LogP contribution in [0.25, 0.3) is 0 Å². The third-order valence-electron chi connectivity index (χ3n) is 4.07. The van der Waals surface area contributed by atoms with Gasteiger partial charge < -0.3 is 5.32 Å². The molecule has 1 aromatic carbocycles. The molecule has 1 nitrogen and oxygen atoms in total. The van der Waals surface area contributed by atoms with Crippen molar-refractivity contribution in [1.82, 2.24) is 5.32 Å². The van der Waals surface area contributed by atoms with Gasteiger partial charge in [0.05, 0.1) is 0 Å². The molecule has 19 heavy (non-hydrogen) atoms. The molecule has 0 saturated heterocycles. The Hall–Kier alpha value is -0.820. The quantitative estimate of drug-likeness (QED) is 0.696. The molecule has 0 saturated carbocycles. The molecule has 0 aromatic heterocycles. The zero-order valence-corrected chi connectivity index (χ0v) is 13.4. The largest absolute Gasteiger partial charge is 0.310 e. The summed E-state index contributed by atoms with van der Waals surface area (Å²) in [5.74, 6) is 1.35. The SMILES string of the molecule is CCCNC(c1ccc(CCC)cc1)C(C)C(C)C. The highest BCUT2D eigenvalue weighted by Crippen LogP contribution is 2.28. The van der Waals surface area contributed by atoms with Crippen LogP contribution in [0.15, 0.2) is 24.3 Å². The van der Waals surface area contributed by atoms with E-state index in [9.17, 15) is 0 Å². The predicted molar refractivity (Wildman–Crippen MR) is 85.5 cm³/mol. The van der Waals surface area contributed by atoms with Crippen molar-refractivity contribution in [2.24, 2.45) is 11.8 Å². The average molecular weight is 261 g/mol. The van der Waals surface area contributed by atoms with Crippen LogP contribution in [0, 0.1) is 11.8 Å². The Morgan fingerprint density at radius 3 is 2.05 bits per heavy atom. The third-order valence-corrected chi connectivity index (χ3v) is 4.07. The highest BCUT2D eigenvalue weighted by atomic mass is 14.9. The van der Waals surface area contributed by atoms with Gasteiger partial charge in [0.1, 0.15) is 0 Å². The first-order valence-corrected chi connectivity index (χ1v) is 7.92. The fourth-order valence-electron chi connectivity index (χ4n) is 2.47. The van der Waals surface area contributed by atoms with Crippen molar-refractivity contribution in [2.45, 2.75) is 59.9 Å². The van der Waals surface area contributed by atoms with Crippen LogP contribution in [0.3, 0.4) is 0 Å². The lowest BCUT2D eigenvalue weighted by Gasteiger charge is -2.28. The molecular weight excluding hydrogens is 230 g/mol. The summed E-state index contributed by atoms with van der Waals surface area (Å²) in [4.78, 5) is 0.